The van der Waals surface area contributed by atoms with E-state index in [1.54, 1.807) is 22.7 Å². The quantitative estimate of drug-likeness (QED) is 0.919. The van der Waals surface area contributed by atoms with Crippen LogP contribution in [0.4, 0.5) is 10.3 Å². The molecule has 3 heterocycles. The molecule has 1 saturated heterocycles. The Kier molecular flexibility index (Phi) is 3.56. The fourth-order valence-electron chi connectivity index (χ4n) is 2.98. The zero-order valence-electron chi connectivity index (χ0n) is 11.7. The summed E-state index contributed by atoms with van der Waals surface area (Å²) in [5.74, 6) is 0. The highest BCUT2D eigenvalue weighted by atomic mass is 32.1. The van der Waals surface area contributed by atoms with Crippen molar-refractivity contribution in [1.29, 1.82) is 0 Å². The van der Waals surface area contributed by atoms with Crippen molar-refractivity contribution in [2.24, 2.45) is 0 Å². The molecule has 0 saturated carbocycles. The fraction of sp³-hybridized carbons (Fsp3) is 0.571. The molecule has 5 nitrogen and oxygen atoms in total. The van der Waals surface area contributed by atoms with Gasteiger partial charge in [0.25, 0.3) is 0 Å². The molecule has 0 spiro atoms. The van der Waals surface area contributed by atoms with Crippen LogP contribution in [0.5, 0.6) is 0 Å². The summed E-state index contributed by atoms with van der Waals surface area (Å²) in [6, 6.07) is 0. The highest BCUT2D eigenvalue weighted by Crippen LogP contribution is 2.37. The molecule has 0 radical (unpaired) electrons. The van der Waals surface area contributed by atoms with Gasteiger partial charge in [-0.25, -0.2) is 9.97 Å². The van der Waals surface area contributed by atoms with E-state index in [4.69, 9.17) is 4.98 Å². The smallest absolute Gasteiger partial charge is 0.185 e. The molecule has 1 unspecified atom stereocenters. The molecule has 1 aliphatic heterocycles. The summed E-state index contributed by atoms with van der Waals surface area (Å²) in [6.07, 6.45) is 4.52. The van der Waals surface area contributed by atoms with Crippen LogP contribution < -0.4 is 9.80 Å². The lowest BCUT2D eigenvalue weighted by molar-refractivity contribution is 0.160. The Morgan fingerprint density at radius 3 is 2.57 bits per heavy atom. The Hall–Kier alpha value is -1.18. The van der Waals surface area contributed by atoms with E-state index in [9.17, 15) is 5.11 Å². The van der Waals surface area contributed by atoms with Gasteiger partial charge in [-0.05, 0) is 19.3 Å². The highest BCUT2D eigenvalue weighted by molar-refractivity contribution is 7.15. The number of thiazole rings is 2. The van der Waals surface area contributed by atoms with Gasteiger partial charge in [0.05, 0.1) is 16.7 Å². The fourth-order valence-corrected chi connectivity index (χ4v) is 4.86. The molecule has 7 heteroatoms. The lowest BCUT2D eigenvalue weighted by Crippen LogP contribution is -2.46. The van der Waals surface area contributed by atoms with Crippen molar-refractivity contribution < 1.29 is 5.11 Å². The number of piperazine rings is 1. The topological polar surface area (TPSA) is 52.5 Å². The SMILES string of the molecule is OC1CCCc2nc(N3CCN(c4nccs4)CC3)sc21. The van der Waals surface area contributed by atoms with Gasteiger partial charge < -0.3 is 14.9 Å². The van der Waals surface area contributed by atoms with Crippen LogP contribution >= 0.6 is 22.7 Å². The van der Waals surface area contributed by atoms with Crippen LogP contribution in [0, 0.1) is 0 Å². The predicted octanol–water partition coefficient (Wildman–Crippen LogP) is 2.30. The van der Waals surface area contributed by atoms with Crippen molar-refractivity contribution in [3.05, 3.63) is 22.1 Å². The van der Waals surface area contributed by atoms with Gasteiger partial charge in [-0.15, -0.1) is 11.3 Å². The van der Waals surface area contributed by atoms with Crippen LogP contribution in [-0.4, -0.2) is 41.3 Å². The van der Waals surface area contributed by atoms with E-state index in [-0.39, 0.29) is 6.10 Å². The number of rotatable bonds is 2. The molecule has 112 valence electrons. The predicted molar refractivity (Wildman–Crippen MR) is 86.6 cm³/mol. The summed E-state index contributed by atoms with van der Waals surface area (Å²) in [4.78, 5) is 14.9. The first-order valence-electron chi connectivity index (χ1n) is 7.38. The van der Waals surface area contributed by atoms with Crippen molar-refractivity contribution in [3.63, 3.8) is 0 Å². The molecule has 2 aromatic rings. The zero-order chi connectivity index (χ0) is 14.2. The Morgan fingerprint density at radius 1 is 1.14 bits per heavy atom. The number of hydrogen-bond acceptors (Lipinski definition) is 7. The van der Waals surface area contributed by atoms with Crippen LogP contribution in [0.2, 0.25) is 0 Å². The van der Waals surface area contributed by atoms with E-state index < -0.39 is 0 Å². The number of aliphatic hydroxyl groups is 1. The number of anilines is 2. The minimum Gasteiger partial charge on any atom is -0.388 e. The highest BCUT2D eigenvalue weighted by Gasteiger charge is 2.26. The van der Waals surface area contributed by atoms with E-state index in [1.165, 1.54) is 0 Å². The van der Waals surface area contributed by atoms with E-state index in [1.807, 2.05) is 11.6 Å². The maximum absolute atomic E-state index is 10.1. The molecule has 0 bridgehead atoms. The van der Waals surface area contributed by atoms with Gasteiger partial charge in [0.15, 0.2) is 10.3 Å². The first-order valence-corrected chi connectivity index (χ1v) is 9.08. The third-order valence-corrected chi connectivity index (χ3v) is 6.24. The van der Waals surface area contributed by atoms with E-state index in [2.05, 4.69) is 14.8 Å². The zero-order valence-corrected chi connectivity index (χ0v) is 13.4. The van der Waals surface area contributed by atoms with Gasteiger partial charge in [0.1, 0.15) is 0 Å². The molecule has 0 amide bonds. The Labute approximate surface area is 131 Å². The van der Waals surface area contributed by atoms with E-state index >= 15 is 0 Å². The summed E-state index contributed by atoms with van der Waals surface area (Å²) in [5, 5.41) is 14.3. The van der Waals surface area contributed by atoms with Gasteiger partial charge in [-0.1, -0.05) is 11.3 Å². The summed E-state index contributed by atoms with van der Waals surface area (Å²) >= 11 is 3.38. The monoisotopic (exact) mass is 322 g/mol. The van der Waals surface area contributed by atoms with Gasteiger partial charge in [0.2, 0.25) is 0 Å². The van der Waals surface area contributed by atoms with Crippen LogP contribution in [0.3, 0.4) is 0 Å². The number of fused-ring (bicyclic) bond motifs is 1. The molecule has 2 aliphatic rings. The molecule has 1 atom stereocenters. The Morgan fingerprint density at radius 2 is 1.90 bits per heavy atom. The molecular weight excluding hydrogens is 304 g/mol. The summed E-state index contributed by atoms with van der Waals surface area (Å²) in [5.41, 5.74) is 1.12. The molecule has 1 aliphatic carbocycles. The second-order valence-electron chi connectivity index (χ2n) is 5.50. The number of nitrogens with zero attached hydrogens (tertiary/aromatic N) is 4. The third-order valence-electron chi connectivity index (χ3n) is 4.15. The largest absolute Gasteiger partial charge is 0.388 e. The van der Waals surface area contributed by atoms with Crippen LogP contribution in [-0.2, 0) is 6.42 Å². The second-order valence-corrected chi connectivity index (χ2v) is 7.39. The number of aliphatic hydroxyl groups excluding tert-OH is 1. The average molecular weight is 322 g/mol. The first kappa shape index (κ1) is 13.5. The van der Waals surface area contributed by atoms with Crippen LogP contribution in [0.25, 0.3) is 0 Å². The molecule has 2 aromatic heterocycles. The van der Waals surface area contributed by atoms with Crippen molar-refractivity contribution in [3.8, 4) is 0 Å². The lowest BCUT2D eigenvalue weighted by atomic mass is 10.0. The Bertz CT molecular complexity index is 605. The number of aryl methyl sites for hydroxylation is 1. The minimum atomic E-state index is -0.295. The summed E-state index contributed by atoms with van der Waals surface area (Å²) in [6.45, 7) is 3.92. The first-order chi connectivity index (χ1) is 10.3. The van der Waals surface area contributed by atoms with Gasteiger partial charge >= 0.3 is 0 Å². The summed E-state index contributed by atoms with van der Waals surface area (Å²) in [7, 11) is 0. The van der Waals surface area contributed by atoms with Crippen LogP contribution in [0.15, 0.2) is 11.6 Å². The summed E-state index contributed by atoms with van der Waals surface area (Å²) < 4.78 is 0. The van der Waals surface area contributed by atoms with E-state index in [0.29, 0.717) is 0 Å². The second kappa shape index (κ2) is 5.55. The van der Waals surface area contributed by atoms with Gasteiger partial charge in [0, 0.05) is 37.8 Å². The van der Waals surface area contributed by atoms with Gasteiger partial charge in [-0.2, -0.15) is 0 Å². The maximum Gasteiger partial charge on any atom is 0.185 e. The molecule has 4 rings (SSSR count). The van der Waals surface area contributed by atoms with Crippen molar-refractivity contribution in [2.45, 2.75) is 25.4 Å². The number of aromatic nitrogens is 2. The molecule has 1 fully saturated rings. The lowest BCUT2D eigenvalue weighted by Gasteiger charge is -2.34. The minimum absolute atomic E-state index is 0.295. The van der Waals surface area contributed by atoms with Gasteiger partial charge in [-0.3, -0.25) is 0 Å². The molecular formula is C14H18N4OS2. The Balaban J connectivity index is 1.47. The van der Waals surface area contributed by atoms with Crippen molar-refractivity contribution in [2.75, 3.05) is 36.0 Å². The standard InChI is InChI=1S/C14H18N4OS2/c19-11-3-1-2-10-12(11)21-14(16-10)18-7-5-17(6-8-18)13-15-4-9-20-13/h4,9,11,19H,1-3,5-8H2. The van der Waals surface area contributed by atoms with E-state index in [0.717, 1.165) is 66.3 Å². The maximum atomic E-state index is 10.1. The normalized spacial score (nSPS) is 22.4. The average Bonchev–Trinajstić information content (AvgIpc) is 3.18. The molecule has 1 N–H and O–H groups in total. The van der Waals surface area contributed by atoms with Crippen molar-refractivity contribution in [1.82, 2.24) is 9.97 Å². The molecule has 21 heavy (non-hydrogen) atoms. The van der Waals surface area contributed by atoms with Crippen molar-refractivity contribution >= 4 is 32.9 Å². The third kappa shape index (κ3) is 2.54. The van der Waals surface area contributed by atoms with Crippen LogP contribution in [0.1, 0.15) is 29.5 Å². The molecule has 0 aromatic carbocycles. The number of hydrogen-bond donors (Lipinski definition) is 1.